The van der Waals surface area contributed by atoms with Gasteiger partial charge in [-0.1, -0.05) is 99.1 Å². The van der Waals surface area contributed by atoms with E-state index >= 15 is 0 Å². The van der Waals surface area contributed by atoms with Crippen molar-refractivity contribution < 1.29 is 9.53 Å². The molecule has 0 fully saturated rings. The minimum atomic E-state index is -0.495. The van der Waals surface area contributed by atoms with Crippen LogP contribution in [0.15, 0.2) is 109 Å². The van der Waals surface area contributed by atoms with E-state index in [9.17, 15) is 10.1 Å². The highest BCUT2D eigenvalue weighted by atomic mass is 35.5. The van der Waals surface area contributed by atoms with E-state index in [0.717, 1.165) is 17.5 Å². The maximum absolute atomic E-state index is 13.4. The summed E-state index contributed by atoms with van der Waals surface area (Å²) < 4.78 is 5.89. The van der Waals surface area contributed by atoms with Crippen LogP contribution in [0, 0.1) is 16.7 Å². The molecule has 0 atom stereocenters. The predicted octanol–water partition coefficient (Wildman–Crippen LogP) is 8.43. The summed E-state index contributed by atoms with van der Waals surface area (Å²) in [5.41, 5.74) is 3.97. The van der Waals surface area contributed by atoms with Gasteiger partial charge in [0.25, 0.3) is 5.91 Å². The Morgan fingerprint density at radius 3 is 2.13 bits per heavy atom. The molecule has 0 heterocycles. The summed E-state index contributed by atoms with van der Waals surface area (Å²) in [4.78, 5) is 13.4. The summed E-state index contributed by atoms with van der Waals surface area (Å²) in [6.45, 7) is 5.94. The Kier molecular flexibility index (Phi) is 8.31. The van der Waals surface area contributed by atoms with Crippen LogP contribution in [0.3, 0.4) is 0 Å². The molecule has 4 nitrogen and oxygen atoms in total. The quantitative estimate of drug-likeness (QED) is 0.249. The highest BCUT2D eigenvalue weighted by Gasteiger charge is 2.25. The lowest BCUT2D eigenvalue weighted by Gasteiger charge is -2.26. The van der Waals surface area contributed by atoms with E-state index in [1.165, 1.54) is 5.56 Å². The first-order valence-electron chi connectivity index (χ1n) is 12.4. The molecule has 0 saturated heterocycles. The topological polar surface area (TPSA) is 62.1 Å². The summed E-state index contributed by atoms with van der Waals surface area (Å²) >= 11 is 6.06. The molecule has 1 amide bonds. The smallest absolute Gasteiger partial charge is 0.255 e. The van der Waals surface area contributed by atoms with E-state index in [2.05, 4.69) is 23.5 Å². The Balaban J connectivity index is 1.63. The van der Waals surface area contributed by atoms with Crippen LogP contribution in [-0.4, -0.2) is 5.91 Å². The van der Waals surface area contributed by atoms with Gasteiger partial charge in [-0.15, -0.1) is 0 Å². The van der Waals surface area contributed by atoms with E-state index in [1.54, 1.807) is 48.5 Å². The van der Waals surface area contributed by atoms with Gasteiger partial charge in [0.2, 0.25) is 0 Å². The summed E-state index contributed by atoms with van der Waals surface area (Å²) in [6.07, 6.45) is 0.754. The molecular weight excluding hydrogens is 492 g/mol. The van der Waals surface area contributed by atoms with E-state index in [0.29, 0.717) is 33.4 Å². The van der Waals surface area contributed by atoms with E-state index < -0.39 is 5.41 Å². The Labute approximate surface area is 229 Å². The third kappa shape index (κ3) is 6.91. The minimum absolute atomic E-state index is 0.320. The van der Waals surface area contributed by atoms with Gasteiger partial charge in [0.15, 0.2) is 0 Å². The van der Waals surface area contributed by atoms with E-state index in [-0.39, 0.29) is 5.91 Å². The van der Waals surface area contributed by atoms with Gasteiger partial charge in [-0.3, -0.25) is 4.79 Å². The van der Waals surface area contributed by atoms with Crippen molar-refractivity contribution in [1.29, 1.82) is 5.26 Å². The fraction of sp³-hybridized carbons (Fsp3) is 0.152. The number of rotatable bonds is 7. The molecule has 4 aromatic rings. The van der Waals surface area contributed by atoms with Crippen LogP contribution in [0.2, 0.25) is 5.02 Å². The number of hydrogen-bond donors (Lipinski definition) is 1. The number of allylic oxidation sites excluding steroid dienone is 2. The fourth-order valence-electron chi connectivity index (χ4n) is 4.11. The maximum Gasteiger partial charge on any atom is 0.255 e. The average Bonchev–Trinajstić information content (AvgIpc) is 2.89. The van der Waals surface area contributed by atoms with E-state index in [4.69, 9.17) is 16.3 Å². The maximum atomic E-state index is 13.4. The second-order valence-corrected chi connectivity index (χ2v) is 10.5. The Hall–Kier alpha value is -4.33. The average molecular weight is 521 g/mol. The molecule has 0 radical (unpaired) electrons. The van der Waals surface area contributed by atoms with Gasteiger partial charge in [0, 0.05) is 21.7 Å². The number of nitrogens with zero attached hydrogens (tertiary/aromatic N) is 1. The van der Waals surface area contributed by atoms with Crippen molar-refractivity contribution in [3.8, 4) is 17.6 Å². The lowest BCUT2D eigenvalue weighted by Crippen LogP contribution is -2.31. The summed E-state index contributed by atoms with van der Waals surface area (Å²) in [6, 6.07) is 34.4. The van der Waals surface area contributed by atoms with Gasteiger partial charge < -0.3 is 10.1 Å². The Bertz CT molecular complexity index is 1510. The van der Waals surface area contributed by atoms with E-state index in [1.807, 2.05) is 63.2 Å². The minimum Gasteiger partial charge on any atom is -0.457 e. The third-order valence-electron chi connectivity index (χ3n) is 5.95. The highest BCUT2D eigenvalue weighted by molar-refractivity contribution is 6.30. The van der Waals surface area contributed by atoms with Crippen LogP contribution in [0.1, 0.15) is 47.8 Å². The van der Waals surface area contributed by atoms with Crippen LogP contribution in [0.25, 0.3) is 5.57 Å². The van der Waals surface area contributed by atoms with Crippen LogP contribution in [0.4, 0.5) is 0 Å². The van der Waals surface area contributed by atoms with Crippen molar-refractivity contribution in [3.63, 3.8) is 0 Å². The second-order valence-electron chi connectivity index (χ2n) is 10.0. The zero-order valence-corrected chi connectivity index (χ0v) is 22.4. The van der Waals surface area contributed by atoms with Crippen molar-refractivity contribution in [3.05, 3.63) is 136 Å². The van der Waals surface area contributed by atoms with Gasteiger partial charge in [-0.2, -0.15) is 5.26 Å². The van der Waals surface area contributed by atoms with Gasteiger partial charge in [0.1, 0.15) is 17.6 Å². The number of halogens is 1. The molecule has 190 valence electrons. The van der Waals surface area contributed by atoms with Gasteiger partial charge >= 0.3 is 0 Å². The first-order valence-corrected chi connectivity index (χ1v) is 12.7. The number of ether oxygens (including phenoxy) is 1. The Morgan fingerprint density at radius 1 is 0.816 bits per heavy atom. The summed E-state index contributed by atoms with van der Waals surface area (Å²) in [5.74, 6) is 0.766. The molecule has 0 spiro atoms. The lowest BCUT2D eigenvalue weighted by molar-refractivity contribution is 0.0957. The number of carbonyl (C=O) groups is 1. The zero-order chi connectivity index (χ0) is 27.1. The molecule has 0 aliphatic heterocycles. The summed E-state index contributed by atoms with van der Waals surface area (Å²) in [5, 5.41) is 13.8. The normalized spacial score (nSPS) is 11.8. The van der Waals surface area contributed by atoms with Gasteiger partial charge in [-0.05, 0) is 59.5 Å². The number of carbonyl (C=O) groups excluding carboxylic acids is 1. The number of benzene rings is 4. The molecule has 4 rings (SSSR count). The fourth-order valence-corrected chi connectivity index (χ4v) is 4.29. The van der Waals surface area contributed by atoms with Crippen LogP contribution < -0.4 is 10.1 Å². The second kappa shape index (κ2) is 11.8. The molecule has 4 aromatic carbocycles. The molecule has 0 aromatic heterocycles. The predicted molar refractivity (Wildman–Crippen MR) is 153 cm³/mol. The molecular formula is C33H29ClN2O2. The van der Waals surface area contributed by atoms with Crippen LogP contribution >= 0.6 is 11.6 Å². The largest absolute Gasteiger partial charge is 0.457 e. The molecule has 5 heteroatoms. The number of nitrogens with one attached hydrogen (secondary N) is 1. The Morgan fingerprint density at radius 2 is 1.45 bits per heavy atom. The van der Waals surface area contributed by atoms with Crippen molar-refractivity contribution >= 4 is 23.1 Å². The lowest BCUT2D eigenvalue weighted by atomic mass is 9.86. The molecule has 38 heavy (non-hydrogen) atoms. The number of amides is 1. The first kappa shape index (κ1) is 26.7. The molecule has 0 unspecified atom stereocenters. The standard InChI is InChI=1S/C33H29ClN2O2/c1-33(2,3)31(30(22-35)25-13-7-12-24(19-25)18-23-10-5-4-6-11-23)36-32(37)26-14-8-16-28(20-26)38-29-17-9-15-27(34)21-29/h4-17,19-21H,18H2,1-3H3,(H,36,37)/b31-30-. The third-order valence-corrected chi connectivity index (χ3v) is 6.18. The van der Waals surface area contributed by atoms with Crippen LogP contribution in [-0.2, 0) is 6.42 Å². The molecule has 0 bridgehead atoms. The molecule has 1 N–H and O–H groups in total. The molecule has 0 saturated carbocycles. The summed E-state index contributed by atoms with van der Waals surface area (Å²) in [7, 11) is 0. The van der Waals surface area contributed by atoms with Crippen molar-refractivity contribution in [1.82, 2.24) is 5.32 Å². The van der Waals surface area contributed by atoms with Gasteiger partial charge in [0.05, 0.1) is 5.57 Å². The SMILES string of the molecule is CC(C)(C)/C(NC(=O)c1cccc(Oc2cccc(Cl)c2)c1)=C(\C#N)c1cccc(Cc2ccccc2)c1. The number of nitriles is 1. The van der Waals surface area contributed by atoms with Gasteiger partial charge in [-0.25, -0.2) is 0 Å². The monoisotopic (exact) mass is 520 g/mol. The zero-order valence-electron chi connectivity index (χ0n) is 21.7. The van der Waals surface area contributed by atoms with Crippen molar-refractivity contribution in [2.24, 2.45) is 5.41 Å². The van der Waals surface area contributed by atoms with Crippen LogP contribution in [0.5, 0.6) is 11.5 Å². The highest BCUT2D eigenvalue weighted by Crippen LogP contribution is 2.32. The number of hydrogen-bond acceptors (Lipinski definition) is 3. The molecule has 0 aliphatic carbocycles. The molecule has 0 aliphatic rings. The first-order chi connectivity index (χ1) is 18.2. The van der Waals surface area contributed by atoms with Crippen molar-refractivity contribution in [2.75, 3.05) is 0 Å². The van der Waals surface area contributed by atoms with Crippen molar-refractivity contribution in [2.45, 2.75) is 27.2 Å².